The highest BCUT2D eigenvalue weighted by atomic mass is 35.5. The maximum Gasteiger partial charge on any atom is 0.271 e. The van der Waals surface area contributed by atoms with Crippen LogP contribution in [-0.2, 0) is 0 Å². The van der Waals surface area contributed by atoms with Gasteiger partial charge in [0, 0.05) is 19.3 Å². The molecular weight excluding hydrogens is 214 g/mol. The molecule has 0 saturated carbocycles. The molecule has 0 aromatic carbocycles. The maximum absolute atomic E-state index is 11.9. The van der Waals surface area contributed by atoms with Crippen LogP contribution in [0.15, 0.2) is 12.3 Å². The van der Waals surface area contributed by atoms with Crippen LogP contribution in [0.1, 0.15) is 23.8 Å². The van der Waals surface area contributed by atoms with Gasteiger partial charge in [0.1, 0.15) is 5.69 Å². The summed E-state index contributed by atoms with van der Waals surface area (Å²) in [6.45, 7) is 3.49. The number of halogens is 1. The Balaban J connectivity index is 2.05. The maximum atomic E-state index is 11.9. The molecule has 1 fully saturated rings. The molecule has 0 radical (unpaired) electrons. The van der Waals surface area contributed by atoms with Crippen LogP contribution in [0.5, 0.6) is 0 Å². The van der Waals surface area contributed by atoms with E-state index in [0.29, 0.717) is 18.2 Å². The fourth-order valence-corrected chi connectivity index (χ4v) is 2.35. The molecule has 1 N–H and O–H groups in total. The van der Waals surface area contributed by atoms with Crippen molar-refractivity contribution >= 4 is 17.5 Å². The largest absolute Gasteiger partial charge is 0.336 e. The van der Waals surface area contributed by atoms with Crippen molar-refractivity contribution in [2.75, 3.05) is 13.1 Å². The molecule has 15 heavy (non-hydrogen) atoms. The van der Waals surface area contributed by atoms with E-state index in [-0.39, 0.29) is 11.3 Å². The lowest BCUT2D eigenvalue weighted by Crippen LogP contribution is -2.29. The van der Waals surface area contributed by atoms with Crippen molar-refractivity contribution in [3.63, 3.8) is 0 Å². The molecule has 0 aliphatic carbocycles. The van der Waals surface area contributed by atoms with Crippen LogP contribution in [0.4, 0.5) is 0 Å². The van der Waals surface area contributed by atoms with Gasteiger partial charge in [0.25, 0.3) is 5.91 Å². The molecule has 4 nitrogen and oxygen atoms in total. The Bertz CT molecular complexity index is 338. The van der Waals surface area contributed by atoms with Crippen molar-refractivity contribution in [2.45, 2.75) is 18.7 Å². The number of nitrogens with one attached hydrogen (secondary N) is 1. The third kappa shape index (κ3) is 2.00. The topological polar surface area (TPSA) is 49.0 Å². The molecule has 0 bridgehead atoms. The van der Waals surface area contributed by atoms with Crippen molar-refractivity contribution in [3.05, 3.63) is 18.0 Å². The summed E-state index contributed by atoms with van der Waals surface area (Å²) in [6, 6.07) is 1.69. The van der Waals surface area contributed by atoms with Crippen LogP contribution in [0, 0.1) is 5.92 Å². The predicted octanol–water partition coefficient (Wildman–Crippen LogP) is 1.50. The second kappa shape index (κ2) is 4.23. The van der Waals surface area contributed by atoms with Gasteiger partial charge in [-0.2, -0.15) is 5.10 Å². The SMILES string of the molecule is CCC1CN(C(=O)c2ccn[nH]2)CC1Cl. The molecule has 0 spiro atoms. The van der Waals surface area contributed by atoms with E-state index in [4.69, 9.17) is 11.6 Å². The number of amides is 1. The van der Waals surface area contributed by atoms with E-state index in [1.807, 2.05) is 0 Å². The van der Waals surface area contributed by atoms with Crippen molar-refractivity contribution < 1.29 is 4.79 Å². The fourth-order valence-electron chi connectivity index (χ4n) is 1.93. The summed E-state index contributed by atoms with van der Waals surface area (Å²) in [5.41, 5.74) is 0.538. The lowest BCUT2D eigenvalue weighted by atomic mass is 10.1. The number of carbonyl (C=O) groups excluding carboxylic acids is 1. The van der Waals surface area contributed by atoms with E-state index in [9.17, 15) is 4.79 Å². The Labute approximate surface area is 93.6 Å². The van der Waals surface area contributed by atoms with Gasteiger partial charge in [-0.1, -0.05) is 13.3 Å². The van der Waals surface area contributed by atoms with Gasteiger partial charge in [-0.3, -0.25) is 9.89 Å². The van der Waals surface area contributed by atoms with Gasteiger partial charge < -0.3 is 4.90 Å². The number of alkyl halides is 1. The number of hydrogen-bond donors (Lipinski definition) is 1. The van der Waals surface area contributed by atoms with E-state index in [2.05, 4.69) is 17.1 Å². The predicted molar refractivity (Wildman–Crippen MR) is 57.9 cm³/mol. The molecule has 1 saturated heterocycles. The second-order valence-corrected chi connectivity index (χ2v) is 4.43. The molecule has 1 aromatic rings. The number of carbonyl (C=O) groups is 1. The molecule has 2 heterocycles. The van der Waals surface area contributed by atoms with Gasteiger partial charge in [-0.05, 0) is 12.0 Å². The van der Waals surface area contributed by atoms with Gasteiger partial charge >= 0.3 is 0 Å². The summed E-state index contributed by atoms with van der Waals surface area (Å²) in [5.74, 6) is 0.410. The standard InChI is InChI=1S/C10H14ClN3O/c1-2-7-5-14(6-8(7)11)10(15)9-3-4-12-13-9/h3-4,7-8H,2,5-6H2,1H3,(H,12,13). The smallest absolute Gasteiger partial charge is 0.271 e. The Morgan fingerprint density at radius 3 is 3.07 bits per heavy atom. The van der Waals surface area contributed by atoms with Crippen molar-refractivity contribution in [1.82, 2.24) is 15.1 Å². The normalized spacial score (nSPS) is 25.9. The van der Waals surface area contributed by atoms with Crippen LogP contribution in [-0.4, -0.2) is 39.5 Å². The van der Waals surface area contributed by atoms with E-state index < -0.39 is 0 Å². The third-order valence-electron chi connectivity index (χ3n) is 2.90. The third-order valence-corrected chi connectivity index (χ3v) is 3.40. The first kappa shape index (κ1) is 10.5. The molecule has 1 aliphatic rings. The first-order chi connectivity index (χ1) is 7.22. The highest BCUT2D eigenvalue weighted by Gasteiger charge is 2.33. The summed E-state index contributed by atoms with van der Waals surface area (Å²) < 4.78 is 0. The van der Waals surface area contributed by atoms with Crippen LogP contribution in [0.3, 0.4) is 0 Å². The molecule has 2 rings (SSSR count). The van der Waals surface area contributed by atoms with Gasteiger partial charge in [0.2, 0.25) is 0 Å². The van der Waals surface area contributed by atoms with Crippen molar-refractivity contribution in [1.29, 1.82) is 0 Å². The van der Waals surface area contributed by atoms with Crippen LogP contribution in [0.25, 0.3) is 0 Å². The number of nitrogens with zero attached hydrogens (tertiary/aromatic N) is 2. The van der Waals surface area contributed by atoms with Gasteiger partial charge in [0.15, 0.2) is 0 Å². The van der Waals surface area contributed by atoms with Gasteiger partial charge in [-0.25, -0.2) is 0 Å². The highest BCUT2D eigenvalue weighted by molar-refractivity contribution is 6.21. The summed E-state index contributed by atoms with van der Waals surface area (Å²) in [7, 11) is 0. The van der Waals surface area contributed by atoms with Crippen LogP contribution < -0.4 is 0 Å². The lowest BCUT2D eigenvalue weighted by molar-refractivity contribution is 0.0781. The summed E-state index contributed by atoms with van der Waals surface area (Å²) in [5, 5.41) is 6.53. The van der Waals surface area contributed by atoms with Crippen molar-refractivity contribution in [2.24, 2.45) is 5.92 Å². The Hall–Kier alpha value is -1.03. The molecule has 5 heteroatoms. The minimum Gasteiger partial charge on any atom is -0.336 e. The average Bonchev–Trinajstić information content (AvgIpc) is 2.85. The summed E-state index contributed by atoms with van der Waals surface area (Å²) in [6.07, 6.45) is 2.60. The Morgan fingerprint density at radius 2 is 2.53 bits per heavy atom. The van der Waals surface area contributed by atoms with Crippen LogP contribution >= 0.6 is 11.6 Å². The Morgan fingerprint density at radius 1 is 1.73 bits per heavy atom. The molecule has 1 aromatic heterocycles. The number of aromatic amines is 1. The zero-order chi connectivity index (χ0) is 10.8. The average molecular weight is 228 g/mol. The first-order valence-corrected chi connectivity index (χ1v) is 5.58. The number of rotatable bonds is 2. The van der Waals surface area contributed by atoms with E-state index in [0.717, 1.165) is 13.0 Å². The number of H-pyrrole nitrogens is 1. The number of hydrogen-bond acceptors (Lipinski definition) is 2. The molecule has 82 valence electrons. The minimum absolute atomic E-state index is 0.00546. The number of aromatic nitrogens is 2. The zero-order valence-corrected chi connectivity index (χ0v) is 9.37. The summed E-state index contributed by atoms with van der Waals surface area (Å²) >= 11 is 6.16. The fraction of sp³-hybridized carbons (Fsp3) is 0.600. The molecule has 1 aliphatic heterocycles. The zero-order valence-electron chi connectivity index (χ0n) is 8.61. The molecule has 2 atom stereocenters. The van der Waals surface area contributed by atoms with E-state index >= 15 is 0 Å². The molecule has 1 amide bonds. The Kier molecular flexibility index (Phi) is 2.95. The van der Waals surface area contributed by atoms with Gasteiger partial charge in [-0.15, -0.1) is 11.6 Å². The quantitative estimate of drug-likeness (QED) is 0.779. The minimum atomic E-state index is -0.00546. The molecular formula is C10H14ClN3O. The van der Waals surface area contributed by atoms with Crippen molar-refractivity contribution in [3.8, 4) is 0 Å². The monoisotopic (exact) mass is 227 g/mol. The first-order valence-electron chi connectivity index (χ1n) is 5.15. The second-order valence-electron chi connectivity index (χ2n) is 3.86. The summed E-state index contributed by atoms with van der Waals surface area (Å²) in [4.78, 5) is 13.7. The lowest BCUT2D eigenvalue weighted by Gasteiger charge is -2.14. The van der Waals surface area contributed by atoms with Gasteiger partial charge in [0.05, 0.1) is 5.38 Å². The van der Waals surface area contributed by atoms with E-state index in [1.165, 1.54) is 0 Å². The number of likely N-dealkylation sites (tertiary alicyclic amines) is 1. The highest BCUT2D eigenvalue weighted by Crippen LogP contribution is 2.25. The molecule has 2 unspecified atom stereocenters. The van der Waals surface area contributed by atoms with E-state index in [1.54, 1.807) is 17.2 Å². The van der Waals surface area contributed by atoms with Crippen LogP contribution in [0.2, 0.25) is 0 Å².